The number of alkyl halides is 2. The monoisotopic (exact) mass is 253 g/mol. The highest BCUT2D eigenvalue weighted by molar-refractivity contribution is 5.76. The molecule has 0 radical (unpaired) electrons. The number of carbonyl (C=O) groups excluding carboxylic acids is 1. The van der Waals surface area contributed by atoms with Crippen molar-refractivity contribution in [2.45, 2.75) is 24.9 Å². The zero-order valence-corrected chi connectivity index (χ0v) is 9.45. The van der Waals surface area contributed by atoms with Crippen molar-refractivity contribution >= 4 is 5.91 Å². The van der Waals surface area contributed by atoms with Crippen LogP contribution in [0.1, 0.15) is 12.8 Å². The van der Waals surface area contributed by atoms with E-state index in [2.05, 4.69) is 10.1 Å². The van der Waals surface area contributed by atoms with E-state index in [9.17, 15) is 18.7 Å². The van der Waals surface area contributed by atoms with E-state index in [0.29, 0.717) is 13.0 Å². The molecule has 7 heteroatoms. The smallest absolute Gasteiger partial charge is 0.261 e. The minimum atomic E-state index is -2.52. The molecule has 0 aliphatic carbocycles. The molecule has 0 aromatic heterocycles. The highest BCUT2D eigenvalue weighted by Crippen LogP contribution is 2.16. The standard InChI is InChI=1S/C10H17F2NO4/c11-8(12)5-16-3-1-9(14)13-6-10(15)2-4-17-7-10/h8,15H,1-7H2,(H,13,14). The van der Waals surface area contributed by atoms with Crippen molar-refractivity contribution in [3.8, 4) is 0 Å². The molecule has 0 bridgehead atoms. The Labute approximate surface area is 98.1 Å². The fraction of sp³-hybridized carbons (Fsp3) is 0.900. The average molecular weight is 253 g/mol. The zero-order valence-electron chi connectivity index (χ0n) is 9.45. The van der Waals surface area contributed by atoms with Crippen molar-refractivity contribution < 1.29 is 28.2 Å². The maximum absolute atomic E-state index is 11.7. The molecule has 1 fully saturated rings. The maximum atomic E-state index is 11.7. The Balaban J connectivity index is 2.05. The lowest BCUT2D eigenvalue weighted by molar-refractivity contribution is -0.123. The molecule has 1 unspecified atom stereocenters. The second-order valence-electron chi connectivity index (χ2n) is 4.02. The predicted molar refractivity (Wildman–Crippen MR) is 54.8 cm³/mol. The number of carbonyl (C=O) groups is 1. The number of rotatable bonds is 7. The van der Waals surface area contributed by atoms with E-state index < -0.39 is 18.6 Å². The number of amides is 1. The Bertz CT molecular complexity index is 244. The van der Waals surface area contributed by atoms with Crippen LogP contribution in [-0.4, -0.2) is 56.0 Å². The number of hydrogen-bond acceptors (Lipinski definition) is 4. The predicted octanol–water partition coefficient (Wildman–Crippen LogP) is -0.0742. The summed E-state index contributed by atoms with van der Waals surface area (Å²) < 4.78 is 33.0. The second kappa shape index (κ2) is 6.83. The summed E-state index contributed by atoms with van der Waals surface area (Å²) in [6, 6.07) is 0. The van der Waals surface area contributed by atoms with Crippen molar-refractivity contribution in [1.82, 2.24) is 5.32 Å². The van der Waals surface area contributed by atoms with Crippen LogP contribution in [0.2, 0.25) is 0 Å². The number of nitrogens with one attached hydrogen (secondary N) is 1. The van der Waals surface area contributed by atoms with Crippen LogP contribution in [0.3, 0.4) is 0 Å². The van der Waals surface area contributed by atoms with Crippen LogP contribution >= 0.6 is 0 Å². The van der Waals surface area contributed by atoms with Gasteiger partial charge in [0.25, 0.3) is 6.43 Å². The van der Waals surface area contributed by atoms with Gasteiger partial charge in [-0.25, -0.2) is 8.78 Å². The van der Waals surface area contributed by atoms with Gasteiger partial charge in [0, 0.05) is 26.0 Å². The molecule has 17 heavy (non-hydrogen) atoms. The summed E-state index contributed by atoms with van der Waals surface area (Å²) >= 11 is 0. The quantitative estimate of drug-likeness (QED) is 0.623. The first-order valence-electron chi connectivity index (χ1n) is 5.44. The van der Waals surface area contributed by atoms with Gasteiger partial charge in [-0.15, -0.1) is 0 Å². The lowest BCUT2D eigenvalue weighted by Crippen LogP contribution is -2.43. The Morgan fingerprint density at radius 2 is 2.35 bits per heavy atom. The summed E-state index contributed by atoms with van der Waals surface area (Å²) in [6.07, 6.45) is -2.03. The first kappa shape index (κ1) is 14.3. The molecule has 1 heterocycles. The van der Waals surface area contributed by atoms with Gasteiger partial charge in [-0.2, -0.15) is 0 Å². The van der Waals surface area contributed by atoms with E-state index in [4.69, 9.17) is 4.74 Å². The largest absolute Gasteiger partial charge is 0.386 e. The third-order valence-corrected chi connectivity index (χ3v) is 2.41. The van der Waals surface area contributed by atoms with Crippen molar-refractivity contribution in [1.29, 1.82) is 0 Å². The zero-order chi connectivity index (χ0) is 12.7. The van der Waals surface area contributed by atoms with Gasteiger partial charge in [-0.3, -0.25) is 4.79 Å². The summed E-state index contributed by atoms with van der Waals surface area (Å²) in [5, 5.41) is 12.3. The van der Waals surface area contributed by atoms with Crippen LogP contribution in [0.4, 0.5) is 8.78 Å². The Morgan fingerprint density at radius 1 is 1.59 bits per heavy atom. The van der Waals surface area contributed by atoms with Crippen molar-refractivity contribution in [2.24, 2.45) is 0 Å². The molecular weight excluding hydrogens is 236 g/mol. The third kappa shape index (κ3) is 5.90. The molecule has 2 N–H and O–H groups in total. The summed E-state index contributed by atoms with van der Waals surface area (Å²) in [5.41, 5.74) is -1.00. The molecule has 5 nitrogen and oxygen atoms in total. The second-order valence-corrected chi connectivity index (χ2v) is 4.02. The van der Waals surface area contributed by atoms with Crippen molar-refractivity contribution in [3.63, 3.8) is 0 Å². The van der Waals surface area contributed by atoms with E-state index >= 15 is 0 Å². The number of halogens is 2. The van der Waals surface area contributed by atoms with E-state index in [1.165, 1.54) is 0 Å². The van der Waals surface area contributed by atoms with E-state index in [-0.39, 0.29) is 32.1 Å². The summed E-state index contributed by atoms with van der Waals surface area (Å²) in [7, 11) is 0. The van der Waals surface area contributed by atoms with Crippen LogP contribution in [0, 0.1) is 0 Å². The maximum Gasteiger partial charge on any atom is 0.261 e. The molecule has 0 spiro atoms. The summed E-state index contributed by atoms with van der Waals surface area (Å²) in [4.78, 5) is 11.3. The van der Waals surface area contributed by atoms with Crippen molar-refractivity contribution in [3.05, 3.63) is 0 Å². The van der Waals surface area contributed by atoms with Gasteiger partial charge in [-0.05, 0) is 0 Å². The molecular formula is C10H17F2NO4. The Kier molecular flexibility index (Phi) is 5.73. The molecule has 1 atom stereocenters. The first-order chi connectivity index (χ1) is 8.02. The number of ether oxygens (including phenoxy) is 2. The SMILES string of the molecule is O=C(CCOCC(F)F)NCC1(O)CCOC1. The molecule has 1 aliphatic heterocycles. The van der Waals surface area contributed by atoms with Gasteiger partial charge in [-0.1, -0.05) is 0 Å². The van der Waals surface area contributed by atoms with Crippen LogP contribution in [0.25, 0.3) is 0 Å². The van der Waals surface area contributed by atoms with Crippen LogP contribution < -0.4 is 5.32 Å². The van der Waals surface area contributed by atoms with Crippen LogP contribution in [0.5, 0.6) is 0 Å². The lowest BCUT2D eigenvalue weighted by Gasteiger charge is -2.20. The molecule has 1 rings (SSSR count). The molecule has 100 valence electrons. The van der Waals surface area contributed by atoms with Gasteiger partial charge < -0.3 is 19.9 Å². The molecule has 0 aromatic rings. The lowest BCUT2D eigenvalue weighted by atomic mass is 10.0. The van der Waals surface area contributed by atoms with Gasteiger partial charge in [0.2, 0.25) is 5.91 Å². The third-order valence-electron chi connectivity index (χ3n) is 2.41. The summed E-state index contributed by atoms with van der Waals surface area (Å²) in [5.74, 6) is -0.334. The highest BCUT2D eigenvalue weighted by Gasteiger charge is 2.32. The fourth-order valence-electron chi connectivity index (χ4n) is 1.42. The van der Waals surface area contributed by atoms with Gasteiger partial charge >= 0.3 is 0 Å². The normalized spacial score (nSPS) is 24.2. The molecule has 1 amide bonds. The Morgan fingerprint density at radius 3 is 2.94 bits per heavy atom. The molecule has 0 aromatic carbocycles. The summed E-state index contributed by atoms with van der Waals surface area (Å²) in [6.45, 7) is 0.0792. The first-order valence-corrected chi connectivity index (χ1v) is 5.44. The van der Waals surface area contributed by atoms with Crippen LogP contribution in [0.15, 0.2) is 0 Å². The minimum absolute atomic E-state index is 0.00363. The van der Waals surface area contributed by atoms with E-state index in [1.807, 2.05) is 0 Å². The topological polar surface area (TPSA) is 67.8 Å². The Hall–Kier alpha value is -0.790. The van der Waals surface area contributed by atoms with Gasteiger partial charge in [0.05, 0.1) is 13.2 Å². The average Bonchev–Trinajstić information content (AvgIpc) is 2.69. The molecule has 0 saturated carbocycles. The minimum Gasteiger partial charge on any atom is -0.386 e. The molecule has 1 saturated heterocycles. The van der Waals surface area contributed by atoms with Gasteiger partial charge in [0.15, 0.2) is 0 Å². The van der Waals surface area contributed by atoms with Gasteiger partial charge in [0.1, 0.15) is 12.2 Å². The molecule has 1 aliphatic rings. The van der Waals surface area contributed by atoms with Crippen molar-refractivity contribution in [2.75, 3.05) is 33.0 Å². The number of hydrogen-bond donors (Lipinski definition) is 2. The van der Waals surface area contributed by atoms with Crippen LogP contribution in [-0.2, 0) is 14.3 Å². The fourth-order valence-corrected chi connectivity index (χ4v) is 1.42. The number of aliphatic hydroxyl groups is 1. The highest BCUT2D eigenvalue weighted by atomic mass is 19.3. The van der Waals surface area contributed by atoms with E-state index in [0.717, 1.165) is 0 Å². The van der Waals surface area contributed by atoms with E-state index in [1.54, 1.807) is 0 Å².